The third kappa shape index (κ3) is 7.39. The molecule has 0 spiro atoms. The van der Waals surface area contributed by atoms with Gasteiger partial charge in [-0.2, -0.15) is 0 Å². The van der Waals surface area contributed by atoms with E-state index in [2.05, 4.69) is 17.2 Å². The van der Waals surface area contributed by atoms with Crippen LogP contribution in [0.1, 0.15) is 11.1 Å². The lowest BCUT2D eigenvalue weighted by atomic mass is 9.92. The van der Waals surface area contributed by atoms with Crippen molar-refractivity contribution in [1.29, 1.82) is 0 Å². The largest absolute Gasteiger partial charge is 0.504 e. The highest BCUT2D eigenvalue weighted by atomic mass is 16.5. The highest BCUT2D eigenvalue weighted by Gasteiger charge is 2.20. The minimum Gasteiger partial charge on any atom is -0.504 e. The van der Waals surface area contributed by atoms with Gasteiger partial charge < -0.3 is 39.8 Å². The van der Waals surface area contributed by atoms with E-state index < -0.39 is 0 Å². The minimum absolute atomic E-state index is 0.0923. The average Bonchev–Trinajstić information content (AvgIpc) is 3.09. The number of para-hydroxylation sites is 2. The normalized spacial score (nSPS) is 15.3. The van der Waals surface area contributed by atoms with Gasteiger partial charge >= 0.3 is 0 Å². The highest BCUT2D eigenvalue weighted by Crippen LogP contribution is 2.41. The Kier molecular flexibility index (Phi) is 9.80. The maximum absolute atomic E-state index is 12.7. The van der Waals surface area contributed by atoms with Crippen molar-refractivity contribution in [2.45, 2.75) is 12.8 Å². The van der Waals surface area contributed by atoms with Gasteiger partial charge in [0.05, 0.1) is 13.1 Å². The van der Waals surface area contributed by atoms with Gasteiger partial charge in [0.25, 0.3) is 11.8 Å². The summed E-state index contributed by atoms with van der Waals surface area (Å²) in [4.78, 5) is 25.3. The van der Waals surface area contributed by atoms with Gasteiger partial charge in [0.2, 0.25) is 0 Å². The van der Waals surface area contributed by atoms with E-state index in [-0.39, 0.29) is 87.2 Å². The summed E-state index contributed by atoms with van der Waals surface area (Å²) < 4.78 is 23.3. The number of hydrogen-bond acceptors (Lipinski definition) is 8. The molecular formula is C38H36N2O8. The van der Waals surface area contributed by atoms with Crippen molar-refractivity contribution >= 4 is 33.4 Å². The monoisotopic (exact) mass is 648 g/mol. The van der Waals surface area contributed by atoms with Crippen LogP contribution in [0.2, 0.25) is 0 Å². The Labute approximate surface area is 277 Å². The van der Waals surface area contributed by atoms with E-state index in [9.17, 15) is 19.8 Å². The molecule has 1 heterocycles. The summed E-state index contributed by atoms with van der Waals surface area (Å²) in [5, 5.41) is 31.6. The predicted octanol–water partition coefficient (Wildman–Crippen LogP) is 5.21. The Morgan fingerprint density at radius 2 is 0.979 bits per heavy atom. The zero-order valence-electron chi connectivity index (χ0n) is 26.3. The van der Waals surface area contributed by atoms with E-state index in [1.54, 1.807) is 36.4 Å². The van der Waals surface area contributed by atoms with Crippen molar-refractivity contribution in [3.8, 4) is 34.5 Å². The van der Waals surface area contributed by atoms with Crippen LogP contribution in [0.3, 0.4) is 0 Å². The predicted molar refractivity (Wildman–Crippen MR) is 182 cm³/mol. The summed E-state index contributed by atoms with van der Waals surface area (Å²) in [5.74, 6) is 0.361. The fraction of sp³-hybridized carbons (Fsp3) is 0.211. The van der Waals surface area contributed by atoms with Gasteiger partial charge in [0.15, 0.2) is 47.7 Å². The van der Waals surface area contributed by atoms with Crippen molar-refractivity contribution < 1.29 is 38.7 Å². The van der Waals surface area contributed by atoms with Gasteiger partial charge in [-0.1, -0.05) is 72.8 Å². The molecule has 0 atom stereocenters. The average molecular weight is 649 g/mol. The molecule has 5 aromatic carbocycles. The number of phenols is 2. The second-order valence-electron chi connectivity index (χ2n) is 11.4. The van der Waals surface area contributed by atoms with Crippen LogP contribution >= 0.6 is 0 Å². The molecule has 4 bridgehead atoms. The van der Waals surface area contributed by atoms with Crippen LogP contribution in [0.4, 0.5) is 0 Å². The molecule has 48 heavy (non-hydrogen) atoms. The number of fused-ring (bicyclic) bond motifs is 9. The Bertz CT molecular complexity index is 1850. The Morgan fingerprint density at radius 3 is 1.44 bits per heavy atom. The maximum Gasteiger partial charge on any atom is 0.258 e. The van der Waals surface area contributed by atoms with Gasteiger partial charge in [0, 0.05) is 11.1 Å². The summed E-state index contributed by atoms with van der Waals surface area (Å²) in [5.41, 5.74) is 1.87. The first-order valence-corrected chi connectivity index (χ1v) is 15.6. The molecule has 246 valence electrons. The maximum atomic E-state index is 12.7. The second-order valence-corrected chi connectivity index (χ2v) is 11.4. The second kappa shape index (κ2) is 14.7. The van der Waals surface area contributed by atoms with Crippen molar-refractivity contribution in [2.24, 2.45) is 0 Å². The van der Waals surface area contributed by atoms with Crippen molar-refractivity contribution in [2.75, 3.05) is 39.5 Å². The van der Waals surface area contributed by atoms with E-state index in [1.807, 2.05) is 48.5 Å². The van der Waals surface area contributed by atoms with Gasteiger partial charge in [-0.3, -0.25) is 9.59 Å². The zero-order valence-corrected chi connectivity index (χ0v) is 26.3. The standard InChI is InChI=1S/C38H36N2O8/c1-24-18-29-27-10-4-2-8-25(27)20-33(37(29)43)47-22-35(41)39-14-16-45-31-12-6-7-13-32(31)46-17-15-40-36(42)23-48-34-21-26-9-3-5-11-28(26)30(19-24)38(34)44/h2-13,20-21,43-44H,1,14-19,22-23H2,(H,39,41)(H,40,42). The van der Waals surface area contributed by atoms with Crippen LogP contribution in [0.5, 0.6) is 34.5 Å². The molecule has 10 nitrogen and oxygen atoms in total. The number of rotatable bonds is 0. The van der Waals surface area contributed by atoms with E-state index in [1.165, 1.54) is 0 Å². The van der Waals surface area contributed by atoms with Crippen molar-refractivity contribution in [1.82, 2.24) is 10.6 Å². The molecule has 0 fully saturated rings. The molecule has 0 aliphatic carbocycles. The fourth-order valence-corrected chi connectivity index (χ4v) is 5.69. The number of carbonyl (C=O) groups excluding carboxylic acids is 2. The van der Waals surface area contributed by atoms with E-state index >= 15 is 0 Å². The van der Waals surface area contributed by atoms with Crippen LogP contribution < -0.4 is 29.6 Å². The molecule has 5 aromatic rings. The van der Waals surface area contributed by atoms with E-state index in [4.69, 9.17) is 18.9 Å². The molecule has 0 unspecified atom stereocenters. The van der Waals surface area contributed by atoms with Crippen LogP contribution in [0.15, 0.2) is 97.1 Å². The number of carbonyl (C=O) groups is 2. The first-order chi connectivity index (χ1) is 23.4. The number of aromatic hydroxyl groups is 2. The Hall–Kier alpha value is -5.90. The molecule has 4 N–H and O–H groups in total. The molecule has 0 aromatic heterocycles. The fourth-order valence-electron chi connectivity index (χ4n) is 5.69. The quantitative estimate of drug-likeness (QED) is 0.168. The van der Waals surface area contributed by atoms with E-state index in [0.29, 0.717) is 28.2 Å². The summed E-state index contributed by atoms with van der Waals surface area (Å²) >= 11 is 0. The molecule has 1 aliphatic heterocycles. The third-order valence-corrected chi connectivity index (χ3v) is 7.97. The number of nitrogens with one attached hydrogen (secondary N) is 2. The summed E-state index contributed by atoms with van der Waals surface area (Å²) in [7, 11) is 0. The minimum atomic E-state index is -0.382. The number of ether oxygens (including phenoxy) is 4. The van der Waals surface area contributed by atoms with Crippen LogP contribution in [0.25, 0.3) is 21.5 Å². The smallest absolute Gasteiger partial charge is 0.258 e. The molecule has 0 radical (unpaired) electrons. The SMILES string of the molecule is C=C1Cc2c(O)c(cc3ccccc23)OCC(=O)NCCOc2ccccc2OCCNC(=O)COc2cc3ccccc3c(c2O)C1. The lowest BCUT2D eigenvalue weighted by Gasteiger charge is -2.18. The van der Waals surface area contributed by atoms with Crippen molar-refractivity contribution in [3.05, 3.63) is 108 Å². The topological polar surface area (TPSA) is 136 Å². The number of benzene rings is 5. The Balaban J connectivity index is 1.31. The number of amides is 2. The summed E-state index contributed by atoms with van der Waals surface area (Å²) in [6, 6.07) is 25.6. The van der Waals surface area contributed by atoms with Crippen LogP contribution in [0, 0.1) is 0 Å². The van der Waals surface area contributed by atoms with Crippen LogP contribution in [-0.4, -0.2) is 61.5 Å². The van der Waals surface area contributed by atoms with Gasteiger partial charge in [-0.05, 0) is 58.7 Å². The number of hydrogen-bond donors (Lipinski definition) is 4. The molecule has 2 amide bonds. The molecule has 6 rings (SSSR count). The summed E-state index contributed by atoms with van der Waals surface area (Å²) in [6.07, 6.45) is 0.524. The lowest BCUT2D eigenvalue weighted by Crippen LogP contribution is -2.32. The van der Waals surface area contributed by atoms with Crippen LogP contribution in [-0.2, 0) is 22.4 Å². The first kappa shape index (κ1) is 32.1. The molecule has 0 saturated carbocycles. The van der Waals surface area contributed by atoms with Crippen molar-refractivity contribution in [3.63, 3.8) is 0 Å². The third-order valence-electron chi connectivity index (χ3n) is 7.97. The molecular weight excluding hydrogens is 612 g/mol. The Morgan fingerprint density at radius 1 is 0.562 bits per heavy atom. The molecule has 10 heteroatoms. The number of phenolic OH excluding ortho intramolecular Hbond substituents is 2. The van der Waals surface area contributed by atoms with E-state index in [0.717, 1.165) is 21.5 Å². The van der Waals surface area contributed by atoms with Gasteiger partial charge in [-0.15, -0.1) is 0 Å². The highest BCUT2D eigenvalue weighted by molar-refractivity contribution is 5.92. The zero-order chi connectivity index (χ0) is 33.5. The molecule has 0 saturated heterocycles. The summed E-state index contributed by atoms with van der Waals surface area (Å²) in [6.45, 7) is 4.44. The first-order valence-electron chi connectivity index (χ1n) is 15.6. The lowest BCUT2D eigenvalue weighted by molar-refractivity contribution is -0.124. The molecule has 1 aliphatic rings. The number of allylic oxidation sites excluding steroid dienone is 1. The van der Waals surface area contributed by atoms with Gasteiger partial charge in [0.1, 0.15) is 13.2 Å². The van der Waals surface area contributed by atoms with Gasteiger partial charge in [-0.25, -0.2) is 0 Å².